The lowest BCUT2D eigenvalue weighted by atomic mass is 10.1. The highest BCUT2D eigenvalue weighted by Gasteiger charge is 2.41. The van der Waals surface area contributed by atoms with Crippen LogP contribution in [0.2, 0.25) is 0 Å². The quantitative estimate of drug-likeness (QED) is 0.427. The average Bonchev–Trinajstić information content (AvgIpc) is 3.45. The van der Waals surface area contributed by atoms with E-state index < -0.39 is 30.4 Å². The SMILES string of the molecule is Cc1cc(C(=O)COC(=O)C(C)N2C(=O)c3ccccc3C2=O)c(C)n1C1CC1. The number of ketones is 1. The van der Waals surface area contributed by atoms with Crippen molar-refractivity contribution in [2.75, 3.05) is 6.61 Å². The molecule has 1 saturated carbocycles. The zero-order valence-corrected chi connectivity index (χ0v) is 16.6. The lowest BCUT2D eigenvalue weighted by Gasteiger charge is -2.20. The van der Waals surface area contributed by atoms with E-state index in [4.69, 9.17) is 4.74 Å². The highest BCUT2D eigenvalue weighted by atomic mass is 16.5. The first kappa shape index (κ1) is 19.1. The van der Waals surface area contributed by atoms with E-state index in [1.54, 1.807) is 24.3 Å². The number of esters is 1. The topological polar surface area (TPSA) is 85.7 Å². The van der Waals surface area contributed by atoms with Gasteiger partial charge in [-0.3, -0.25) is 19.3 Å². The molecule has 0 bridgehead atoms. The molecule has 1 atom stereocenters. The van der Waals surface area contributed by atoms with E-state index in [0.717, 1.165) is 29.1 Å². The number of carbonyl (C=O) groups is 4. The predicted molar refractivity (Wildman–Crippen MR) is 104 cm³/mol. The lowest BCUT2D eigenvalue weighted by Crippen LogP contribution is -2.44. The molecule has 150 valence electrons. The number of benzene rings is 1. The number of amides is 2. The maximum atomic E-state index is 12.6. The Morgan fingerprint density at radius 3 is 2.24 bits per heavy atom. The average molecular weight is 394 g/mol. The molecule has 2 amide bonds. The van der Waals surface area contributed by atoms with Crippen molar-refractivity contribution in [3.8, 4) is 0 Å². The molecule has 1 aliphatic carbocycles. The number of nitrogens with zero attached hydrogens (tertiary/aromatic N) is 2. The maximum Gasteiger partial charge on any atom is 0.329 e. The first-order valence-corrected chi connectivity index (χ1v) is 9.66. The molecule has 2 aromatic rings. The van der Waals surface area contributed by atoms with Crippen LogP contribution in [0.4, 0.5) is 0 Å². The predicted octanol–water partition coefficient (Wildman–Crippen LogP) is 2.85. The second-order valence-electron chi connectivity index (χ2n) is 7.62. The van der Waals surface area contributed by atoms with Crippen LogP contribution in [0.1, 0.15) is 68.3 Å². The van der Waals surface area contributed by atoms with Crippen molar-refractivity contribution in [1.82, 2.24) is 9.47 Å². The van der Waals surface area contributed by atoms with E-state index in [2.05, 4.69) is 4.57 Å². The number of hydrogen-bond acceptors (Lipinski definition) is 5. The Kier molecular flexibility index (Phi) is 4.61. The van der Waals surface area contributed by atoms with Gasteiger partial charge in [-0.2, -0.15) is 0 Å². The first-order chi connectivity index (χ1) is 13.8. The van der Waals surface area contributed by atoms with Crippen LogP contribution in [0.3, 0.4) is 0 Å². The van der Waals surface area contributed by atoms with Gasteiger partial charge >= 0.3 is 5.97 Å². The first-order valence-electron chi connectivity index (χ1n) is 9.66. The Morgan fingerprint density at radius 2 is 1.69 bits per heavy atom. The normalized spacial score (nSPS) is 16.7. The summed E-state index contributed by atoms with van der Waals surface area (Å²) in [5, 5.41) is 0. The molecule has 1 aromatic heterocycles. The van der Waals surface area contributed by atoms with Gasteiger partial charge in [-0.25, -0.2) is 4.79 Å². The lowest BCUT2D eigenvalue weighted by molar-refractivity contribution is -0.146. The van der Waals surface area contributed by atoms with Crippen molar-refractivity contribution >= 4 is 23.6 Å². The van der Waals surface area contributed by atoms with E-state index in [9.17, 15) is 19.2 Å². The summed E-state index contributed by atoms with van der Waals surface area (Å²) >= 11 is 0. The largest absolute Gasteiger partial charge is 0.456 e. The Morgan fingerprint density at radius 1 is 1.10 bits per heavy atom. The van der Waals surface area contributed by atoms with Crippen molar-refractivity contribution in [1.29, 1.82) is 0 Å². The fourth-order valence-electron chi connectivity index (χ4n) is 3.95. The second-order valence-corrected chi connectivity index (χ2v) is 7.62. The monoisotopic (exact) mass is 394 g/mol. The summed E-state index contributed by atoms with van der Waals surface area (Å²) < 4.78 is 7.31. The summed E-state index contributed by atoms with van der Waals surface area (Å²) in [6, 6.07) is 7.57. The summed E-state index contributed by atoms with van der Waals surface area (Å²) in [4.78, 5) is 50.9. The van der Waals surface area contributed by atoms with Gasteiger partial charge in [0.25, 0.3) is 11.8 Å². The molecule has 0 N–H and O–H groups in total. The maximum absolute atomic E-state index is 12.6. The minimum absolute atomic E-state index is 0.265. The number of fused-ring (bicyclic) bond motifs is 1. The van der Waals surface area contributed by atoms with Gasteiger partial charge in [-0.1, -0.05) is 12.1 Å². The van der Waals surface area contributed by atoms with Gasteiger partial charge in [-0.05, 0) is 51.8 Å². The fraction of sp³-hybridized carbons (Fsp3) is 0.364. The number of ether oxygens (including phenoxy) is 1. The van der Waals surface area contributed by atoms with Crippen molar-refractivity contribution < 1.29 is 23.9 Å². The van der Waals surface area contributed by atoms with Crippen LogP contribution in [0, 0.1) is 13.8 Å². The van der Waals surface area contributed by atoms with Crippen molar-refractivity contribution in [3.63, 3.8) is 0 Å². The molecular weight excluding hydrogens is 372 g/mol. The van der Waals surface area contributed by atoms with Crippen LogP contribution in [-0.4, -0.2) is 45.7 Å². The summed E-state index contributed by atoms with van der Waals surface area (Å²) in [5.74, 6) is -2.15. The third-order valence-electron chi connectivity index (χ3n) is 5.60. The van der Waals surface area contributed by atoms with Crippen LogP contribution < -0.4 is 0 Å². The molecule has 2 heterocycles. The number of Topliss-reactive ketones (excluding diaryl/α,β-unsaturated/α-hetero) is 1. The smallest absolute Gasteiger partial charge is 0.329 e. The van der Waals surface area contributed by atoms with Crippen LogP contribution in [0.25, 0.3) is 0 Å². The van der Waals surface area contributed by atoms with E-state index in [1.165, 1.54) is 6.92 Å². The number of hydrogen-bond donors (Lipinski definition) is 0. The van der Waals surface area contributed by atoms with Gasteiger partial charge in [0.15, 0.2) is 6.61 Å². The van der Waals surface area contributed by atoms with Gasteiger partial charge in [0.1, 0.15) is 6.04 Å². The van der Waals surface area contributed by atoms with Crippen LogP contribution in [0.15, 0.2) is 30.3 Å². The van der Waals surface area contributed by atoms with Crippen LogP contribution in [0.5, 0.6) is 0 Å². The molecule has 1 aliphatic heterocycles. The standard InChI is InChI=1S/C22H22N2O5/c1-12-10-18(13(2)23(12)15-8-9-15)19(25)11-29-22(28)14(3)24-20(26)16-6-4-5-7-17(16)21(24)27/h4-7,10,14-15H,8-9,11H2,1-3H3. The Labute approximate surface area is 168 Å². The zero-order chi connectivity index (χ0) is 20.9. The minimum Gasteiger partial charge on any atom is -0.456 e. The molecule has 0 spiro atoms. The minimum atomic E-state index is -1.12. The highest BCUT2D eigenvalue weighted by Crippen LogP contribution is 2.38. The molecule has 0 radical (unpaired) electrons. The van der Waals surface area contributed by atoms with Crippen LogP contribution in [-0.2, 0) is 9.53 Å². The molecule has 1 fully saturated rings. The van der Waals surface area contributed by atoms with Crippen LogP contribution >= 0.6 is 0 Å². The molecule has 29 heavy (non-hydrogen) atoms. The summed E-state index contributed by atoms with van der Waals surface area (Å²) in [5.41, 5.74) is 2.95. The third-order valence-corrected chi connectivity index (χ3v) is 5.60. The van der Waals surface area contributed by atoms with E-state index in [-0.39, 0.29) is 16.9 Å². The van der Waals surface area contributed by atoms with E-state index in [0.29, 0.717) is 11.6 Å². The second kappa shape index (κ2) is 6.99. The van der Waals surface area contributed by atoms with Crippen molar-refractivity contribution in [3.05, 3.63) is 58.4 Å². The summed E-state index contributed by atoms with van der Waals surface area (Å²) in [6.07, 6.45) is 2.22. The Bertz CT molecular complexity index is 1010. The number of carbonyl (C=O) groups excluding carboxylic acids is 4. The molecule has 1 unspecified atom stereocenters. The number of aromatic nitrogens is 1. The Hall–Kier alpha value is -3.22. The summed E-state index contributed by atoms with van der Waals surface area (Å²) in [7, 11) is 0. The highest BCUT2D eigenvalue weighted by molar-refractivity contribution is 6.22. The number of aryl methyl sites for hydroxylation is 1. The number of imide groups is 1. The fourth-order valence-corrected chi connectivity index (χ4v) is 3.95. The van der Waals surface area contributed by atoms with E-state index >= 15 is 0 Å². The molecule has 4 rings (SSSR count). The van der Waals surface area contributed by atoms with Gasteiger partial charge in [0.2, 0.25) is 5.78 Å². The van der Waals surface area contributed by atoms with Gasteiger partial charge < -0.3 is 9.30 Å². The molecule has 1 aromatic carbocycles. The third kappa shape index (κ3) is 3.16. The van der Waals surface area contributed by atoms with Crippen molar-refractivity contribution in [2.45, 2.75) is 45.7 Å². The molecule has 2 aliphatic rings. The van der Waals surface area contributed by atoms with Gasteiger partial charge in [0.05, 0.1) is 11.1 Å². The molecular formula is C22H22N2O5. The number of rotatable bonds is 6. The summed E-state index contributed by atoms with van der Waals surface area (Å²) in [6.45, 7) is 4.84. The molecule has 7 nitrogen and oxygen atoms in total. The molecule has 7 heteroatoms. The van der Waals surface area contributed by atoms with E-state index in [1.807, 2.05) is 19.9 Å². The molecule has 0 saturated heterocycles. The Balaban J connectivity index is 1.43. The van der Waals surface area contributed by atoms with Gasteiger partial charge in [0, 0.05) is 23.0 Å². The zero-order valence-electron chi connectivity index (χ0n) is 16.6. The van der Waals surface area contributed by atoms with Crippen molar-refractivity contribution in [2.24, 2.45) is 0 Å². The van der Waals surface area contributed by atoms with Gasteiger partial charge in [-0.15, -0.1) is 0 Å².